The Morgan fingerprint density at radius 1 is 1.24 bits per heavy atom. The molecule has 1 aliphatic heterocycles. The van der Waals surface area contributed by atoms with Gasteiger partial charge in [0.15, 0.2) is 0 Å². The second kappa shape index (κ2) is 9.78. The third kappa shape index (κ3) is 5.72. The van der Waals surface area contributed by atoms with Crippen LogP contribution >= 0.6 is 11.6 Å². The van der Waals surface area contributed by atoms with Crippen molar-refractivity contribution in [2.75, 3.05) is 31.5 Å². The summed E-state index contributed by atoms with van der Waals surface area (Å²) in [6.45, 7) is 7.24. The lowest BCUT2D eigenvalue weighted by atomic mass is 9.93. The van der Waals surface area contributed by atoms with Crippen LogP contribution in [0.5, 0.6) is 0 Å². The molecule has 1 aromatic carbocycles. The topological polar surface area (TPSA) is 61.4 Å². The highest BCUT2D eigenvalue weighted by atomic mass is 35.5. The van der Waals surface area contributed by atoms with E-state index in [1.807, 2.05) is 13.8 Å². The first-order chi connectivity index (χ1) is 12.0. The molecule has 1 fully saturated rings. The van der Waals surface area contributed by atoms with E-state index >= 15 is 0 Å². The van der Waals surface area contributed by atoms with Gasteiger partial charge in [0.2, 0.25) is 5.91 Å². The molecule has 0 aliphatic carbocycles. The van der Waals surface area contributed by atoms with Crippen LogP contribution in [0.3, 0.4) is 0 Å². The zero-order valence-electron chi connectivity index (χ0n) is 15.1. The van der Waals surface area contributed by atoms with Crippen molar-refractivity contribution < 1.29 is 9.59 Å². The lowest BCUT2D eigenvalue weighted by molar-refractivity contribution is -0.116. The van der Waals surface area contributed by atoms with Crippen molar-refractivity contribution in [3.63, 3.8) is 0 Å². The van der Waals surface area contributed by atoms with Crippen molar-refractivity contribution in [2.45, 2.75) is 39.5 Å². The minimum atomic E-state index is -0.0845. The van der Waals surface area contributed by atoms with Crippen LogP contribution in [-0.4, -0.2) is 42.9 Å². The zero-order valence-corrected chi connectivity index (χ0v) is 15.9. The number of nitrogens with zero attached hydrogens (tertiary/aromatic N) is 1. The van der Waals surface area contributed by atoms with E-state index in [9.17, 15) is 9.59 Å². The highest BCUT2D eigenvalue weighted by Gasteiger charge is 2.17. The second-order valence-corrected chi connectivity index (χ2v) is 6.86. The van der Waals surface area contributed by atoms with Gasteiger partial charge in [-0.25, -0.2) is 0 Å². The van der Waals surface area contributed by atoms with Gasteiger partial charge in [0.1, 0.15) is 0 Å². The minimum absolute atomic E-state index is 0.00239. The predicted octanol–water partition coefficient (Wildman–Crippen LogP) is 3.54. The van der Waals surface area contributed by atoms with E-state index in [0.717, 1.165) is 32.4 Å². The summed E-state index contributed by atoms with van der Waals surface area (Å²) in [6, 6.07) is 5.08. The molecule has 0 spiro atoms. The molecule has 2 rings (SSSR count). The summed E-state index contributed by atoms with van der Waals surface area (Å²) in [5, 5.41) is 6.58. The monoisotopic (exact) mass is 365 g/mol. The molecule has 0 atom stereocenters. The van der Waals surface area contributed by atoms with Crippen LogP contribution in [0.25, 0.3) is 0 Å². The second-order valence-electron chi connectivity index (χ2n) is 6.45. The number of amides is 2. The molecular weight excluding hydrogens is 338 g/mol. The highest BCUT2D eigenvalue weighted by Crippen LogP contribution is 2.23. The number of carbonyl (C=O) groups is 2. The standard InChI is InChI=1S/C19H28ClN3O2/c1-3-23(4-2)19(25)16-7-6-15(13-17(16)20)22-18(24)8-5-14-9-11-21-12-10-14/h6-7,13-14,21H,3-5,8-12H2,1-2H3,(H,22,24). The molecule has 1 heterocycles. The quantitative estimate of drug-likeness (QED) is 0.776. The Balaban J connectivity index is 1.91. The number of benzene rings is 1. The molecule has 1 aromatic rings. The fourth-order valence-electron chi connectivity index (χ4n) is 3.18. The van der Waals surface area contributed by atoms with Gasteiger partial charge in [0, 0.05) is 25.2 Å². The Morgan fingerprint density at radius 3 is 2.52 bits per heavy atom. The van der Waals surface area contributed by atoms with Crippen LogP contribution < -0.4 is 10.6 Å². The summed E-state index contributed by atoms with van der Waals surface area (Å²) in [4.78, 5) is 26.2. The SMILES string of the molecule is CCN(CC)C(=O)c1ccc(NC(=O)CCC2CCNCC2)cc1Cl. The van der Waals surface area contributed by atoms with Gasteiger partial charge in [-0.15, -0.1) is 0 Å². The van der Waals surface area contributed by atoms with E-state index in [0.29, 0.717) is 41.7 Å². The van der Waals surface area contributed by atoms with Crippen LogP contribution in [-0.2, 0) is 4.79 Å². The molecule has 6 heteroatoms. The van der Waals surface area contributed by atoms with Crippen molar-refractivity contribution in [2.24, 2.45) is 5.92 Å². The largest absolute Gasteiger partial charge is 0.339 e. The smallest absolute Gasteiger partial charge is 0.255 e. The average molecular weight is 366 g/mol. The maximum Gasteiger partial charge on any atom is 0.255 e. The number of piperidine rings is 1. The molecule has 1 aliphatic rings. The number of halogens is 1. The van der Waals surface area contributed by atoms with E-state index in [1.54, 1.807) is 23.1 Å². The van der Waals surface area contributed by atoms with E-state index in [-0.39, 0.29) is 11.8 Å². The third-order valence-corrected chi connectivity index (χ3v) is 5.08. The lowest BCUT2D eigenvalue weighted by Gasteiger charge is -2.22. The van der Waals surface area contributed by atoms with Crippen LogP contribution in [0.15, 0.2) is 18.2 Å². The molecule has 0 radical (unpaired) electrons. The molecule has 1 saturated heterocycles. The summed E-state index contributed by atoms with van der Waals surface area (Å²) in [7, 11) is 0. The number of nitrogens with one attached hydrogen (secondary N) is 2. The minimum Gasteiger partial charge on any atom is -0.339 e. The predicted molar refractivity (Wildman–Crippen MR) is 102 cm³/mol. The first-order valence-electron chi connectivity index (χ1n) is 9.14. The van der Waals surface area contributed by atoms with E-state index in [1.165, 1.54) is 0 Å². The van der Waals surface area contributed by atoms with Crippen molar-refractivity contribution in [1.82, 2.24) is 10.2 Å². The molecule has 5 nitrogen and oxygen atoms in total. The first-order valence-corrected chi connectivity index (χ1v) is 9.52. The Kier molecular flexibility index (Phi) is 7.72. The van der Waals surface area contributed by atoms with Gasteiger partial charge in [-0.2, -0.15) is 0 Å². The summed E-state index contributed by atoms with van der Waals surface area (Å²) in [5.41, 5.74) is 1.11. The highest BCUT2D eigenvalue weighted by molar-refractivity contribution is 6.34. The number of anilines is 1. The van der Waals surface area contributed by atoms with Gasteiger partial charge in [-0.1, -0.05) is 11.6 Å². The van der Waals surface area contributed by atoms with Gasteiger partial charge in [0.05, 0.1) is 10.6 Å². The Hall–Kier alpha value is -1.59. The number of carbonyl (C=O) groups excluding carboxylic acids is 2. The fourth-order valence-corrected chi connectivity index (χ4v) is 3.44. The molecule has 0 unspecified atom stereocenters. The van der Waals surface area contributed by atoms with Crippen LogP contribution in [0.4, 0.5) is 5.69 Å². The van der Waals surface area contributed by atoms with E-state index in [4.69, 9.17) is 11.6 Å². The maximum absolute atomic E-state index is 12.4. The summed E-state index contributed by atoms with van der Waals surface area (Å²) in [6.07, 6.45) is 3.71. The molecule has 0 saturated carbocycles. The molecular formula is C19H28ClN3O2. The third-order valence-electron chi connectivity index (χ3n) is 4.77. The van der Waals surface area contributed by atoms with E-state index in [2.05, 4.69) is 10.6 Å². The van der Waals surface area contributed by atoms with Gasteiger partial charge in [-0.3, -0.25) is 9.59 Å². The van der Waals surface area contributed by atoms with Crippen LogP contribution in [0.1, 0.15) is 49.9 Å². The van der Waals surface area contributed by atoms with E-state index < -0.39 is 0 Å². The van der Waals surface area contributed by atoms with Crippen molar-refractivity contribution >= 4 is 29.1 Å². The molecule has 138 valence electrons. The number of hydrogen-bond acceptors (Lipinski definition) is 3. The number of rotatable bonds is 7. The fraction of sp³-hybridized carbons (Fsp3) is 0.579. The van der Waals surface area contributed by atoms with Crippen molar-refractivity contribution in [1.29, 1.82) is 0 Å². The maximum atomic E-state index is 12.4. The van der Waals surface area contributed by atoms with Gasteiger partial charge < -0.3 is 15.5 Å². The first kappa shape index (κ1) is 19.7. The average Bonchev–Trinajstić information content (AvgIpc) is 2.62. The summed E-state index contributed by atoms with van der Waals surface area (Å²) < 4.78 is 0. The summed E-state index contributed by atoms with van der Waals surface area (Å²) >= 11 is 6.26. The normalized spacial score (nSPS) is 15.0. The molecule has 25 heavy (non-hydrogen) atoms. The Morgan fingerprint density at radius 2 is 1.92 bits per heavy atom. The molecule has 0 aromatic heterocycles. The molecule has 2 amide bonds. The van der Waals surface area contributed by atoms with Crippen molar-refractivity contribution in [3.8, 4) is 0 Å². The summed E-state index contributed by atoms with van der Waals surface area (Å²) in [5.74, 6) is 0.542. The van der Waals surface area contributed by atoms with Crippen LogP contribution in [0, 0.1) is 5.92 Å². The lowest BCUT2D eigenvalue weighted by Crippen LogP contribution is -2.30. The molecule has 2 N–H and O–H groups in total. The van der Waals surface area contributed by atoms with Gasteiger partial charge >= 0.3 is 0 Å². The van der Waals surface area contributed by atoms with Crippen molar-refractivity contribution in [3.05, 3.63) is 28.8 Å². The Bertz CT molecular complexity index is 596. The van der Waals surface area contributed by atoms with Gasteiger partial charge in [0.25, 0.3) is 5.91 Å². The Labute approximate surface area is 155 Å². The zero-order chi connectivity index (χ0) is 18.2. The molecule has 0 bridgehead atoms. The van der Waals surface area contributed by atoms with Crippen LogP contribution in [0.2, 0.25) is 5.02 Å². The number of hydrogen-bond donors (Lipinski definition) is 2. The van der Waals surface area contributed by atoms with Gasteiger partial charge in [-0.05, 0) is 70.3 Å².